The van der Waals surface area contributed by atoms with E-state index in [1.807, 2.05) is 17.4 Å². The lowest BCUT2D eigenvalue weighted by molar-refractivity contribution is 0.428. The minimum Gasteiger partial charge on any atom is -0.382 e. The molecule has 2 aliphatic rings. The smallest absolute Gasteiger partial charge is 0.138 e. The molecule has 0 unspecified atom stereocenters. The first-order valence-electron chi connectivity index (χ1n) is 10.3. The zero-order valence-corrected chi connectivity index (χ0v) is 16.7. The van der Waals surface area contributed by atoms with Gasteiger partial charge in [0.15, 0.2) is 0 Å². The zero-order valence-electron chi connectivity index (χ0n) is 15.9. The van der Waals surface area contributed by atoms with Crippen LogP contribution in [0.4, 0.5) is 15.9 Å². The summed E-state index contributed by atoms with van der Waals surface area (Å²) in [5.74, 6) is 0.832. The van der Waals surface area contributed by atoms with Gasteiger partial charge in [-0.05, 0) is 75.1 Å². The summed E-state index contributed by atoms with van der Waals surface area (Å²) in [4.78, 5) is 11.8. The molecule has 1 fully saturated rings. The van der Waals surface area contributed by atoms with Crippen LogP contribution in [0, 0.1) is 5.82 Å². The van der Waals surface area contributed by atoms with Crippen molar-refractivity contribution < 1.29 is 4.39 Å². The first-order valence-corrected chi connectivity index (χ1v) is 11.1. The van der Waals surface area contributed by atoms with E-state index in [2.05, 4.69) is 20.6 Å². The van der Waals surface area contributed by atoms with Gasteiger partial charge in [-0.2, -0.15) is 0 Å². The lowest BCUT2D eigenvalue weighted by atomic mass is 9.90. The summed E-state index contributed by atoms with van der Waals surface area (Å²) in [7, 11) is 0. The molecule has 2 aromatic heterocycles. The average Bonchev–Trinajstić information content (AvgIpc) is 3.09. The second-order valence-electron chi connectivity index (χ2n) is 7.96. The topological polar surface area (TPSA) is 49.8 Å². The fourth-order valence-electron chi connectivity index (χ4n) is 4.59. The highest BCUT2D eigenvalue weighted by molar-refractivity contribution is 7.19. The Morgan fingerprint density at radius 2 is 1.75 bits per heavy atom. The first-order chi connectivity index (χ1) is 13.8. The average molecular weight is 397 g/mol. The number of anilines is 2. The molecular weight excluding hydrogens is 371 g/mol. The zero-order chi connectivity index (χ0) is 18.9. The molecule has 5 rings (SSSR count). The Balaban J connectivity index is 1.26. The molecule has 3 aromatic rings. The maximum atomic E-state index is 13.4. The highest BCUT2D eigenvalue weighted by atomic mass is 32.1. The van der Waals surface area contributed by atoms with Gasteiger partial charge < -0.3 is 10.6 Å². The summed E-state index contributed by atoms with van der Waals surface area (Å²) < 4.78 is 13.4. The quantitative estimate of drug-likeness (QED) is 0.607. The number of rotatable bonds is 4. The second-order valence-corrected chi connectivity index (χ2v) is 9.04. The number of fused-ring (bicyclic) bond motifs is 3. The van der Waals surface area contributed by atoms with Gasteiger partial charge in [-0.25, -0.2) is 14.4 Å². The largest absolute Gasteiger partial charge is 0.382 e. The Labute approximate surface area is 168 Å². The molecule has 0 spiro atoms. The standard InChI is InChI=1S/C22H25FN4S/c23-14-4-3-5-17(12-14)26-15-8-10-16(11-9-15)27-21-20-18-6-1-2-7-19(18)28-22(20)25-13-24-21/h3-5,12-13,15-16,26H,1-2,6-11H2,(H,24,25,27). The van der Waals surface area contributed by atoms with Gasteiger partial charge in [-0.1, -0.05) is 6.07 Å². The van der Waals surface area contributed by atoms with Crippen LogP contribution in [0.25, 0.3) is 10.2 Å². The van der Waals surface area contributed by atoms with Gasteiger partial charge in [0.2, 0.25) is 0 Å². The summed E-state index contributed by atoms with van der Waals surface area (Å²) in [5.41, 5.74) is 2.36. The minimum atomic E-state index is -0.188. The monoisotopic (exact) mass is 396 g/mol. The Morgan fingerprint density at radius 1 is 0.964 bits per heavy atom. The van der Waals surface area contributed by atoms with Gasteiger partial charge in [-0.15, -0.1) is 11.3 Å². The second kappa shape index (κ2) is 7.66. The molecule has 1 aromatic carbocycles. The normalized spacial score (nSPS) is 22.0. The van der Waals surface area contributed by atoms with Gasteiger partial charge in [0.1, 0.15) is 22.8 Å². The van der Waals surface area contributed by atoms with Gasteiger partial charge in [-0.3, -0.25) is 0 Å². The SMILES string of the molecule is Fc1cccc(NC2CCC(Nc3ncnc4sc5c(c34)CCCC5)CC2)c1. The van der Waals surface area contributed by atoms with Gasteiger partial charge >= 0.3 is 0 Å². The molecule has 28 heavy (non-hydrogen) atoms. The van der Waals surface area contributed by atoms with E-state index in [4.69, 9.17) is 0 Å². The number of benzene rings is 1. The number of nitrogens with zero attached hydrogens (tertiary/aromatic N) is 2. The molecule has 6 heteroatoms. The molecule has 0 amide bonds. The Bertz CT molecular complexity index is 978. The maximum absolute atomic E-state index is 13.4. The maximum Gasteiger partial charge on any atom is 0.138 e. The van der Waals surface area contributed by atoms with Crippen molar-refractivity contribution in [2.45, 2.75) is 63.5 Å². The van der Waals surface area contributed by atoms with Crippen molar-refractivity contribution in [1.29, 1.82) is 0 Å². The van der Waals surface area contributed by atoms with E-state index in [1.165, 1.54) is 41.2 Å². The van der Waals surface area contributed by atoms with Crippen molar-refractivity contribution in [2.24, 2.45) is 0 Å². The van der Waals surface area contributed by atoms with Crippen LogP contribution in [-0.4, -0.2) is 22.1 Å². The number of aryl methyl sites for hydroxylation is 2. The summed E-state index contributed by atoms with van der Waals surface area (Å²) in [6, 6.07) is 7.58. The van der Waals surface area contributed by atoms with Crippen molar-refractivity contribution in [3.8, 4) is 0 Å². The van der Waals surface area contributed by atoms with Crippen molar-refractivity contribution in [3.05, 3.63) is 46.9 Å². The summed E-state index contributed by atoms with van der Waals surface area (Å²) in [6.45, 7) is 0. The van der Waals surface area contributed by atoms with Gasteiger partial charge in [0, 0.05) is 22.6 Å². The van der Waals surface area contributed by atoms with Crippen LogP contribution in [0.2, 0.25) is 0 Å². The Kier molecular flexibility index (Phi) is 4.89. The Morgan fingerprint density at radius 3 is 2.57 bits per heavy atom. The van der Waals surface area contributed by atoms with Crippen LogP contribution < -0.4 is 10.6 Å². The van der Waals surface area contributed by atoms with Crippen LogP contribution >= 0.6 is 11.3 Å². The molecule has 146 valence electrons. The number of hydrogen-bond acceptors (Lipinski definition) is 5. The number of hydrogen-bond donors (Lipinski definition) is 2. The summed E-state index contributed by atoms with van der Waals surface area (Å²) in [5, 5.41) is 8.47. The van der Waals surface area contributed by atoms with Gasteiger partial charge in [0.05, 0.1) is 5.39 Å². The van der Waals surface area contributed by atoms with Crippen LogP contribution in [0.1, 0.15) is 49.0 Å². The lowest BCUT2D eigenvalue weighted by Gasteiger charge is -2.30. The highest BCUT2D eigenvalue weighted by Crippen LogP contribution is 2.38. The number of halogens is 1. The third-order valence-corrected chi connectivity index (χ3v) is 7.21. The third kappa shape index (κ3) is 3.58. The highest BCUT2D eigenvalue weighted by Gasteiger charge is 2.24. The third-order valence-electron chi connectivity index (χ3n) is 6.01. The number of aromatic nitrogens is 2. The van der Waals surface area contributed by atoms with E-state index >= 15 is 0 Å². The molecule has 2 heterocycles. The molecular formula is C22H25FN4S. The van der Waals surface area contributed by atoms with E-state index in [-0.39, 0.29) is 5.82 Å². The van der Waals surface area contributed by atoms with E-state index in [0.29, 0.717) is 12.1 Å². The molecule has 2 aliphatic carbocycles. The molecule has 0 bridgehead atoms. The van der Waals surface area contributed by atoms with Gasteiger partial charge in [0.25, 0.3) is 0 Å². The lowest BCUT2D eigenvalue weighted by Crippen LogP contribution is -2.32. The van der Waals surface area contributed by atoms with Crippen LogP contribution in [0.5, 0.6) is 0 Å². The summed E-state index contributed by atoms with van der Waals surface area (Å²) in [6.07, 6.45) is 10.9. The fraction of sp³-hybridized carbons (Fsp3) is 0.455. The fourth-order valence-corrected chi connectivity index (χ4v) is 5.82. The van der Waals surface area contributed by atoms with Crippen molar-refractivity contribution >= 4 is 33.1 Å². The van der Waals surface area contributed by atoms with Crippen LogP contribution in [0.3, 0.4) is 0 Å². The molecule has 0 atom stereocenters. The molecule has 2 N–H and O–H groups in total. The molecule has 0 radical (unpaired) electrons. The van der Waals surface area contributed by atoms with Crippen LogP contribution in [-0.2, 0) is 12.8 Å². The van der Waals surface area contributed by atoms with Crippen molar-refractivity contribution in [1.82, 2.24) is 9.97 Å². The predicted octanol–water partition coefficient (Wildman–Crippen LogP) is 5.54. The molecule has 4 nitrogen and oxygen atoms in total. The Hall–Kier alpha value is -2.21. The minimum absolute atomic E-state index is 0.188. The van der Waals surface area contributed by atoms with Crippen molar-refractivity contribution in [2.75, 3.05) is 10.6 Å². The van der Waals surface area contributed by atoms with Crippen molar-refractivity contribution in [3.63, 3.8) is 0 Å². The van der Waals surface area contributed by atoms with E-state index in [9.17, 15) is 4.39 Å². The molecule has 0 aliphatic heterocycles. The number of nitrogens with one attached hydrogen (secondary N) is 2. The van der Waals surface area contributed by atoms with E-state index in [1.54, 1.807) is 18.5 Å². The molecule has 0 saturated heterocycles. The summed E-state index contributed by atoms with van der Waals surface area (Å²) >= 11 is 1.85. The first kappa shape index (κ1) is 17.9. The molecule has 1 saturated carbocycles. The number of thiophene rings is 1. The predicted molar refractivity (Wildman–Crippen MR) is 114 cm³/mol. The van der Waals surface area contributed by atoms with E-state index in [0.717, 1.165) is 48.4 Å². The van der Waals surface area contributed by atoms with Crippen LogP contribution in [0.15, 0.2) is 30.6 Å². The van der Waals surface area contributed by atoms with E-state index < -0.39 is 0 Å².